The zero-order chi connectivity index (χ0) is 17.4. The summed E-state index contributed by atoms with van der Waals surface area (Å²) in [6.45, 7) is 4.43. The summed E-state index contributed by atoms with van der Waals surface area (Å²) in [6, 6.07) is 15.5. The van der Waals surface area contributed by atoms with Crippen LogP contribution in [-0.2, 0) is 10.5 Å². The zero-order valence-electron chi connectivity index (χ0n) is 13.9. The molecule has 3 nitrogen and oxygen atoms in total. The summed E-state index contributed by atoms with van der Waals surface area (Å²) in [5.74, 6) is 2.02. The molecule has 1 N–H and O–H groups in total. The minimum atomic E-state index is -0.0365. The number of hydrogen-bond donors (Lipinski definition) is 1. The van der Waals surface area contributed by atoms with Gasteiger partial charge in [0.05, 0.1) is 11.8 Å². The van der Waals surface area contributed by atoms with Crippen molar-refractivity contribution in [2.75, 3.05) is 12.4 Å². The highest BCUT2D eigenvalue weighted by Crippen LogP contribution is 2.16. The largest absolute Gasteiger partial charge is 0.491 e. The number of nitrogens with one attached hydrogen (secondary N) is 1. The molecule has 1 amide bonds. The van der Waals surface area contributed by atoms with Gasteiger partial charge in [-0.3, -0.25) is 4.79 Å². The first-order valence-electron chi connectivity index (χ1n) is 7.84. The molecule has 2 rings (SSSR count). The minimum Gasteiger partial charge on any atom is -0.491 e. The predicted octanol–water partition coefficient (Wildman–Crippen LogP) is 4.47. The van der Waals surface area contributed by atoms with Crippen LogP contribution in [0.4, 0.5) is 0 Å². The summed E-state index contributed by atoms with van der Waals surface area (Å²) >= 11 is 7.52. The molecule has 0 aliphatic heterocycles. The molecule has 0 bridgehead atoms. The first-order chi connectivity index (χ1) is 11.5. The Morgan fingerprint density at radius 2 is 2.00 bits per heavy atom. The molecule has 0 aromatic heterocycles. The molecular formula is C19H22ClNO2S. The molecule has 2 aromatic carbocycles. The van der Waals surface area contributed by atoms with Gasteiger partial charge in [-0.2, -0.15) is 0 Å². The van der Waals surface area contributed by atoms with Crippen molar-refractivity contribution >= 4 is 29.3 Å². The third kappa shape index (κ3) is 6.85. The zero-order valence-corrected chi connectivity index (χ0v) is 15.5. The van der Waals surface area contributed by atoms with Crippen LogP contribution < -0.4 is 10.1 Å². The summed E-state index contributed by atoms with van der Waals surface area (Å²) in [7, 11) is 0. The Bertz CT molecular complexity index is 661. The van der Waals surface area contributed by atoms with Gasteiger partial charge in [-0.1, -0.05) is 41.4 Å². The van der Waals surface area contributed by atoms with Gasteiger partial charge in [0.15, 0.2) is 0 Å². The number of ether oxygens (including phenoxy) is 1. The van der Waals surface area contributed by atoms with Gasteiger partial charge in [0.1, 0.15) is 12.4 Å². The fraction of sp³-hybridized carbons (Fsp3) is 0.316. The van der Waals surface area contributed by atoms with E-state index >= 15 is 0 Å². The van der Waals surface area contributed by atoms with Crippen molar-refractivity contribution in [1.82, 2.24) is 5.32 Å². The number of amides is 1. The highest BCUT2D eigenvalue weighted by atomic mass is 35.5. The molecule has 24 heavy (non-hydrogen) atoms. The molecule has 1 atom stereocenters. The van der Waals surface area contributed by atoms with Crippen LogP contribution in [-0.4, -0.2) is 24.3 Å². The van der Waals surface area contributed by atoms with E-state index in [1.807, 2.05) is 62.4 Å². The number of thioether (sulfide) groups is 1. The van der Waals surface area contributed by atoms with Crippen LogP contribution in [0.25, 0.3) is 0 Å². The Morgan fingerprint density at radius 1 is 1.25 bits per heavy atom. The molecule has 5 heteroatoms. The lowest BCUT2D eigenvalue weighted by atomic mass is 10.2. The van der Waals surface area contributed by atoms with E-state index in [2.05, 4.69) is 5.32 Å². The van der Waals surface area contributed by atoms with E-state index in [1.165, 1.54) is 5.56 Å². The van der Waals surface area contributed by atoms with Crippen molar-refractivity contribution in [3.05, 3.63) is 64.7 Å². The van der Waals surface area contributed by atoms with Gasteiger partial charge in [-0.15, -0.1) is 11.8 Å². The van der Waals surface area contributed by atoms with Crippen LogP contribution in [0.2, 0.25) is 5.02 Å². The van der Waals surface area contributed by atoms with Crippen molar-refractivity contribution < 1.29 is 9.53 Å². The van der Waals surface area contributed by atoms with Gasteiger partial charge in [0.2, 0.25) is 5.91 Å². The quantitative estimate of drug-likeness (QED) is 0.752. The minimum absolute atomic E-state index is 0.0158. The van der Waals surface area contributed by atoms with Crippen molar-refractivity contribution in [2.45, 2.75) is 25.6 Å². The van der Waals surface area contributed by atoms with Gasteiger partial charge < -0.3 is 10.1 Å². The van der Waals surface area contributed by atoms with E-state index in [9.17, 15) is 4.79 Å². The van der Waals surface area contributed by atoms with Crippen molar-refractivity contribution in [1.29, 1.82) is 0 Å². The van der Waals surface area contributed by atoms with Gasteiger partial charge in [-0.25, -0.2) is 0 Å². The molecule has 0 aliphatic carbocycles. The van der Waals surface area contributed by atoms with Gasteiger partial charge >= 0.3 is 0 Å². The molecule has 0 spiro atoms. The number of aryl methyl sites for hydroxylation is 1. The first kappa shape index (κ1) is 18.7. The fourth-order valence-electron chi connectivity index (χ4n) is 2.10. The maximum atomic E-state index is 12.0. The summed E-state index contributed by atoms with van der Waals surface area (Å²) < 4.78 is 5.67. The second-order valence-electron chi connectivity index (χ2n) is 5.72. The highest BCUT2D eigenvalue weighted by molar-refractivity contribution is 7.99. The fourth-order valence-corrected chi connectivity index (χ4v) is 3.10. The molecular weight excluding hydrogens is 342 g/mol. The van der Waals surface area contributed by atoms with Crippen LogP contribution in [0.3, 0.4) is 0 Å². The number of carbonyl (C=O) groups is 1. The average Bonchev–Trinajstić information content (AvgIpc) is 2.54. The molecule has 0 saturated heterocycles. The standard InChI is InChI=1S/C19H22ClNO2S/c1-14-6-8-18(9-7-14)23-11-15(2)21-19(22)13-24-12-16-4-3-5-17(20)10-16/h3-10,15H,11-13H2,1-2H3,(H,21,22)/t15-/m0/s1. The SMILES string of the molecule is Cc1ccc(OC[C@H](C)NC(=O)CSCc2cccc(Cl)c2)cc1. The summed E-state index contributed by atoms with van der Waals surface area (Å²) in [5.41, 5.74) is 2.32. The predicted molar refractivity (Wildman–Crippen MR) is 102 cm³/mol. The van der Waals surface area contributed by atoms with Crippen molar-refractivity contribution in [2.24, 2.45) is 0 Å². The second kappa shape index (κ2) is 9.60. The Kier molecular flexibility index (Phi) is 7.47. The summed E-state index contributed by atoms with van der Waals surface area (Å²) in [5, 5.41) is 3.67. The lowest BCUT2D eigenvalue weighted by molar-refractivity contribution is -0.119. The third-order valence-electron chi connectivity index (χ3n) is 3.32. The Hall–Kier alpha value is -1.65. The monoisotopic (exact) mass is 363 g/mol. The third-order valence-corrected chi connectivity index (χ3v) is 4.56. The number of benzene rings is 2. The lowest BCUT2D eigenvalue weighted by Gasteiger charge is -2.15. The smallest absolute Gasteiger partial charge is 0.230 e. The van der Waals surface area contributed by atoms with E-state index < -0.39 is 0 Å². The molecule has 0 radical (unpaired) electrons. The lowest BCUT2D eigenvalue weighted by Crippen LogP contribution is -2.37. The second-order valence-corrected chi connectivity index (χ2v) is 7.14. The molecule has 0 fully saturated rings. The molecule has 0 unspecified atom stereocenters. The van der Waals surface area contributed by atoms with Crippen LogP contribution in [0.15, 0.2) is 48.5 Å². The number of carbonyl (C=O) groups excluding carboxylic acids is 1. The molecule has 0 heterocycles. The van der Waals surface area contributed by atoms with E-state index in [0.717, 1.165) is 22.1 Å². The number of halogens is 1. The van der Waals surface area contributed by atoms with Gasteiger partial charge in [0, 0.05) is 10.8 Å². The van der Waals surface area contributed by atoms with Crippen molar-refractivity contribution in [3.8, 4) is 5.75 Å². The topological polar surface area (TPSA) is 38.3 Å². The Labute approximate surface area is 152 Å². The number of hydrogen-bond acceptors (Lipinski definition) is 3. The normalized spacial score (nSPS) is 11.8. The van der Waals surface area contributed by atoms with Gasteiger partial charge in [-0.05, 0) is 43.7 Å². The molecule has 0 aliphatic rings. The highest BCUT2D eigenvalue weighted by Gasteiger charge is 2.08. The maximum Gasteiger partial charge on any atom is 0.230 e. The van der Waals surface area contributed by atoms with Crippen LogP contribution >= 0.6 is 23.4 Å². The summed E-state index contributed by atoms with van der Waals surface area (Å²) in [6.07, 6.45) is 0. The first-order valence-corrected chi connectivity index (χ1v) is 9.37. The molecule has 0 saturated carbocycles. The average molecular weight is 364 g/mol. The van der Waals surface area contributed by atoms with Crippen LogP contribution in [0, 0.1) is 6.92 Å². The van der Waals surface area contributed by atoms with E-state index in [4.69, 9.17) is 16.3 Å². The Morgan fingerprint density at radius 3 is 2.71 bits per heavy atom. The van der Waals surface area contributed by atoms with Crippen molar-refractivity contribution in [3.63, 3.8) is 0 Å². The Balaban J connectivity index is 1.65. The van der Waals surface area contributed by atoms with Gasteiger partial charge in [0.25, 0.3) is 0 Å². The van der Waals surface area contributed by atoms with E-state index in [1.54, 1.807) is 11.8 Å². The molecule has 128 valence electrons. The van der Waals surface area contributed by atoms with E-state index in [0.29, 0.717) is 12.4 Å². The summed E-state index contributed by atoms with van der Waals surface area (Å²) in [4.78, 5) is 12.0. The molecule has 2 aromatic rings. The van der Waals surface area contributed by atoms with Crippen LogP contribution in [0.5, 0.6) is 5.75 Å². The number of rotatable bonds is 8. The van der Waals surface area contributed by atoms with Crippen LogP contribution in [0.1, 0.15) is 18.1 Å². The van der Waals surface area contributed by atoms with E-state index in [-0.39, 0.29) is 11.9 Å². The maximum absolute atomic E-state index is 12.0.